The van der Waals surface area contributed by atoms with Crippen molar-refractivity contribution >= 4 is 0 Å². The monoisotopic (exact) mass is 163 g/mol. The van der Waals surface area contributed by atoms with E-state index in [4.69, 9.17) is 0 Å². The second kappa shape index (κ2) is 2.69. The molecule has 2 aromatic rings. The van der Waals surface area contributed by atoms with E-state index in [1.54, 1.807) is 6.07 Å². The van der Waals surface area contributed by atoms with E-state index in [2.05, 4.69) is 26.7 Å². The number of hydrogen-bond donors (Lipinski definition) is 1. The largest absolute Gasteiger partial charge is 0.239 e. The second-order valence-corrected chi connectivity index (χ2v) is 2.17. The standard InChI is InChI=1S/C7H4FN4/c8-6-3-1-5(2-4-6)7-9-11-12-10-7/h1,3-4H,(H,9,10,11,12). The molecule has 0 saturated heterocycles. The van der Waals surface area contributed by atoms with Gasteiger partial charge in [0.1, 0.15) is 5.82 Å². The van der Waals surface area contributed by atoms with Crippen LogP contribution in [0.1, 0.15) is 0 Å². The van der Waals surface area contributed by atoms with Gasteiger partial charge in [-0.05, 0) is 34.7 Å². The minimum absolute atomic E-state index is 0.328. The molecule has 0 bridgehead atoms. The van der Waals surface area contributed by atoms with Crippen LogP contribution < -0.4 is 0 Å². The number of aromatic amines is 1. The van der Waals surface area contributed by atoms with Crippen LogP contribution in [0.15, 0.2) is 18.2 Å². The lowest BCUT2D eigenvalue weighted by Crippen LogP contribution is -1.81. The van der Waals surface area contributed by atoms with Crippen molar-refractivity contribution in [1.29, 1.82) is 0 Å². The average molecular weight is 163 g/mol. The number of H-pyrrole nitrogens is 1. The Morgan fingerprint density at radius 3 is 2.92 bits per heavy atom. The third-order valence-corrected chi connectivity index (χ3v) is 1.38. The Balaban J connectivity index is 2.43. The first-order valence-corrected chi connectivity index (χ1v) is 3.27. The fourth-order valence-corrected chi connectivity index (χ4v) is 0.826. The molecule has 1 heterocycles. The average Bonchev–Trinajstić information content (AvgIpc) is 2.58. The van der Waals surface area contributed by atoms with Crippen molar-refractivity contribution < 1.29 is 4.39 Å². The van der Waals surface area contributed by atoms with Crippen molar-refractivity contribution in [3.63, 3.8) is 0 Å². The van der Waals surface area contributed by atoms with Gasteiger partial charge in [0, 0.05) is 5.56 Å². The molecule has 2 rings (SSSR count). The first kappa shape index (κ1) is 6.90. The number of nitrogens with zero attached hydrogens (tertiary/aromatic N) is 3. The Morgan fingerprint density at radius 1 is 1.42 bits per heavy atom. The molecule has 1 N–H and O–H groups in total. The van der Waals surface area contributed by atoms with Crippen LogP contribution in [0.3, 0.4) is 0 Å². The van der Waals surface area contributed by atoms with Crippen molar-refractivity contribution in [2.45, 2.75) is 0 Å². The highest BCUT2D eigenvalue weighted by molar-refractivity contribution is 5.52. The predicted octanol–water partition coefficient (Wildman–Crippen LogP) is 0.806. The topological polar surface area (TPSA) is 54.5 Å². The maximum Gasteiger partial charge on any atom is 0.180 e. The van der Waals surface area contributed by atoms with Crippen molar-refractivity contribution in [2.75, 3.05) is 0 Å². The van der Waals surface area contributed by atoms with Crippen LogP contribution in [-0.4, -0.2) is 20.6 Å². The Labute approximate surface area is 67.4 Å². The van der Waals surface area contributed by atoms with Gasteiger partial charge in [0.15, 0.2) is 5.82 Å². The zero-order valence-corrected chi connectivity index (χ0v) is 5.95. The van der Waals surface area contributed by atoms with Gasteiger partial charge in [0.2, 0.25) is 0 Å². The molecule has 0 aliphatic carbocycles. The van der Waals surface area contributed by atoms with Crippen LogP contribution >= 0.6 is 0 Å². The molecule has 1 aromatic heterocycles. The van der Waals surface area contributed by atoms with E-state index >= 15 is 0 Å². The molecule has 0 amide bonds. The summed E-state index contributed by atoms with van der Waals surface area (Å²) in [6.45, 7) is 0. The van der Waals surface area contributed by atoms with Crippen LogP contribution in [0.4, 0.5) is 4.39 Å². The molecular weight excluding hydrogens is 159 g/mol. The van der Waals surface area contributed by atoms with Gasteiger partial charge in [-0.2, -0.15) is 0 Å². The SMILES string of the molecule is Fc1c[c]c(-c2nnn[nH]2)cc1. The van der Waals surface area contributed by atoms with Crippen molar-refractivity contribution in [1.82, 2.24) is 20.6 Å². The Morgan fingerprint density at radius 2 is 2.33 bits per heavy atom. The van der Waals surface area contributed by atoms with E-state index in [0.29, 0.717) is 11.4 Å². The summed E-state index contributed by atoms with van der Waals surface area (Å²) in [5.74, 6) is 0.154. The Bertz CT molecular complexity index is 353. The number of aromatic nitrogens is 4. The van der Waals surface area contributed by atoms with Crippen LogP contribution in [0.25, 0.3) is 11.4 Å². The summed E-state index contributed by atoms with van der Waals surface area (Å²) in [6, 6.07) is 6.81. The minimum atomic E-state index is -0.328. The molecule has 0 unspecified atom stereocenters. The highest BCUT2D eigenvalue weighted by atomic mass is 19.1. The van der Waals surface area contributed by atoms with E-state index in [0.717, 1.165) is 0 Å². The van der Waals surface area contributed by atoms with Gasteiger partial charge < -0.3 is 0 Å². The van der Waals surface area contributed by atoms with E-state index in [1.165, 1.54) is 12.1 Å². The third-order valence-electron chi connectivity index (χ3n) is 1.38. The molecule has 0 aliphatic heterocycles. The highest BCUT2D eigenvalue weighted by Gasteiger charge is 2.00. The molecule has 1 aromatic carbocycles. The fraction of sp³-hybridized carbons (Fsp3) is 0. The molecular formula is C7H4FN4. The second-order valence-electron chi connectivity index (χ2n) is 2.17. The first-order valence-electron chi connectivity index (χ1n) is 3.27. The third kappa shape index (κ3) is 1.16. The fourth-order valence-electron chi connectivity index (χ4n) is 0.826. The molecule has 5 heteroatoms. The van der Waals surface area contributed by atoms with E-state index in [-0.39, 0.29) is 5.82 Å². The van der Waals surface area contributed by atoms with E-state index in [9.17, 15) is 4.39 Å². The van der Waals surface area contributed by atoms with Gasteiger partial charge in [0.05, 0.1) is 0 Å². The van der Waals surface area contributed by atoms with Gasteiger partial charge in [-0.3, -0.25) is 0 Å². The van der Waals surface area contributed by atoms with E-state index < -0.39 is 0 Å². The van der Waals surface area contributed by atoms with Crippen LogP contribution in [-0.2, 0) is 0 Å². The van der Waals surface area contributed by atoms with Crippen LogP contribution in [0.5, 0.6) is 0 Å². The zero-order chi connectivity index (χ0) is 8.39. The number of benzene rings is 1. The Hall–Kier alpha value is -1.78. The summed E-state index contributed by atoms with van der Waals surface area (Å²) in [6.07, 6.45) is 0. The number of rotatable bonds is 1. The first-order chi connectivity index (χ1) is 5.86. The number of halogens is 1. The van der Waals surface area contributed by atoms with Crippen LogP contribution in [0, 0.1) is 11.9 Å². The lowest BCUT2D eigenvalue weighted by Gasteiger charge is -1.91. The van der Waals surface area contributed by atoms with Gasteiger partial charge in [-0.15, -0.1) is 5.10 Å². The molecule has 1 radical (unpaired) electrons. The molecule has 0 atom stereocenters. The molecule has 12 heavy (non-hydrogen) atoms. The van der Waals surface area contributed by atoms with Crippen LogP contribution in [0.2, 0.25) is 0 Å². The lowest BCUT2D eigenvalue weighted by atomic mass is 10.2. The normalized spacial score (nSPS) is 10.1. The lowest BCUT2D eigenvalue weighted by molar-refractivity contribution is 0.627. The molecule has 4 nitrogen and oxygen atoms in total. The van der Waals surface area contributed by atoms with Gasteiger partial charge in [0.25, 0.3) is 0 Å². The van der Waals surface area contributed by atoms with Gasteiger partial charge in [-0.25, -0.2) is 9.49 Å². The molecule has 59 valence electrons. The van der Waals surface area contributed by atoms with Crippen molar-refractivity contribution in [3.8, 4) is 11.4 Å². The summed E-state index contributed by atoms with van der Waals surface area (Å²) >= 11 is 0. The molecule has 0 aliphatic rings. The highest BCUT2D eigenvalue weighted by Crippen LogP contribution is 2.11. The van der Waals surface area contributed by atoms with Crippen molar-refractivity contribution in [3.05, 3.63) is 30.1 Å². The summed E-state index contributed by atoms with van der Waals surface area (Å²) in [5, 5.41) is 13.0. The predicted molar refractivity (Wildman–Crippen MR) is 38.4 cm³/mol. The smallest absolute Gasteiger partial charge is 0.180 e. The van der Waals surface area contributed by atoms with E-state index in [1.807, 2.05) is 0 Å². The summed E-state index contributed by atoms with van der Waals surface area (Å²) in [7, 11) is 0. The molecule has 0 saturated carbocycles. The maximum atomic E-state index is 12.4. The number of nitrogens with one attached hydrogen (secondary N) is 1. The summed E-state index contributed by atoms with van der Waals surface area (Å²) in [5.41, 5.74) is 0.640. The minimum Gasteiger partial charge on any atom is -0.239 e. The molecule has 0 fully saturated rings. The summed E-state index contributed by atoms with van der Waals surface area (Å²) in [4.78, 5) is 0. The van der Waals surface area contributed by atoms with Gasteiger partial charge >= 0.3 is 0 Å². The molecule has 0 spiro atoms. The number of tetrazole rings is 1. The maximum absolute atomic E-state index is 12.4. The van der Waals surface area contributed by atoms with Gasteiger partial charge in [-0.1, -0.05) is 0 Å². The summed E-state index contributed by atoms with van der Waals surface area (Å²) < 4.78 is 12.4. The zero-order valence-electron chi connectivity index (χ0n) is 5.95. The van der Waals surface area contributed by atoms with Crippen molar-refractivity contribution in [2.24, 2.45) is 0 Å². The quantitative estimate of drug-likeness (QED) is 0.676. The Kier molecular flexibility index (Phi) is 1.55. The number of hydrogen-bond acceptors (Lipinski definition) is 3.